The molecule has 0 saturated carbocycles. The Labute approximate surface area is 124 Å². The zero-order chi connectivity index (χ0) is 15.4. The second-order valence-corrected chi connectivity index (χ2v) is 5.39. The normalized spacial score (nSPS) is 22.7. The molecule has 1 aromatic rings. The molecule has 0 saturated heterocycles. The molecular formula is C16H22FN3O. The van der Waals surface area contributed by atoms with E-state index in [1.54, 1.807) is 18.2 Å². The van der Waals surface area contributed by atoms with Crippen molar-refractivity contribution in [3.05, 3.63) is 35.5 Å². The molecule has 0 radical (unpaired) electrons. The zero-order valence-electron chi connectivity index (χ0n) is 12.5. The molecule has 0 fully saturated rings. The van der Waals surface area contributed by atoms with Crippen LogP contribution in [0, 0.1) is 5.92 Å². The van der Waals surface area contributed by atoms with Crippen LogP contribution in [0.2, 0.25) is 0 Å². The molecule has 2 atom stereocenters. The van der Waals surface area contributed by atoms with E-state index >= 15 is 0 Å². The Hall–Kier alpha value is -1.88. The van der Waals surface area contributed by atoms with Gasteiger partial charge in [-0.3, -0.25) is 4.99 Å². The third-order valence-electron chi connectivity index (χ3n) is 3.81. The van der Waals surface area contributed by atoms with Crippen molar-refractivity contribution < 1.29 is 9.50 Å². The van der Waals surface area contributed by atoms with E-state index in [1.165, 1.54) is 6.20 Å². The summed E-state index contributed by atoms with van der Waals surface area (Å²) in [6, 6.07) is 5.88. The summed E-state index contributed by atoms with van der Waals surface area (Å²) < 4.78 is 14.0. The summed E-state index contributed by atoms with van der Waals surface area (Å²) in [7, 11) is 1.78. The summed E-state index contributed by atoms with van der Waals surface area (Å²) >= 11 is 0. The highest BCUT2D eigenvalue weighted by molar-refractivity contribution is 6.09. The molecule has 114 valence electrons. The van der Waals surface area contributed by atoms with Crippen LogP contribution in [0.4, 0.5) is 10.1 Å². The molecule has 4 nitrogen and oxygen atoms in total. The second kappa shape index (κ2) is 6.72. The highest BCUT2D eigenvalue weighted by atomic mass is 19.1. The molecule has 1 aliphatic rings. The number of aliphatic hydroxyl groups is 1. The number of rotatable bonds is 4. The Morgan fingerprint density at radius 2 is 2.33 bits per heavy atom. The number of hydrogen-bond donors (Lipinski definition) is 2. The molecule has 1 unspecified atom stereocenters. The Kier molecular flexibility index (Phi) is 4.96. The Morgan fingerprint density at radius 3 is 3.00 bits per heavy atom. The first-order chi connectivity index (χ1) is 10.1. The summed E-state index contributed by atoms with van der Waals surface area (Å²) in [6.07, 6.45) is 2.92. The summed E-state index contributed by atoms with van der Waals surface area (Å²) in [5.41, 5.74) is 9.44. The van der Waals surface area contributed by atoms with E-state index in [9.17, 15) is 4.39 Å². The van der Waals surface area contributed by atoms with Crippen molar-refractivity contribution in [3.63, 3.8) is 0 Å². The average molecular weight is 291 g/mol. The number of allylic oxidation sites excluding steroid dienone is 1. The highest BCUT2D eigenvalue weighted by Gasteiger charge is 2.29. The van der Waals surface area contributed by atoms with Gasteiger partial charge in [0.05, 0.1) is 13.2 Å². The van der Waals surface area contributed by atoms with Crippen LogP contribution in [0.25, 0.3) is 5.57 Å². The van der Waals surface area contributed by atoms with Crippen LogP contribution in [0.15, 0.2) is 29.4 Å². The quantitative estimate of drug-likeness (QED) is 0.658. The number of nitrogens with two attached hydrogens (primary N) is 1. The van der Waals surface area contributed by atoms with Crippen LogP contribution < -0.4 is 10.6 Å². The van der Waals surface area contributed by atoms with Crippen LogP contribution in [0.1, 0.15) is 18.1 Å². The molecule has 2 rings (SSSR count). The molecule has 0 aliphatic carbocycles. The molecule has 0 amide bonds. The van der Waals surface area contributed by atoms with Crippen molar-refractivity contribution in [1.82, 2.24) is 0 Å². The van der Waals surface area contributed by atoms with E-state index in [2.05, 4.69) is 4.99 Å². The predicted octanol–water partition coefficient (Wildman–Crippen LogP) is 1.97. The minimum Gasteiger partial charge on any atom is -0.404 e. The minimum atomic E-state index is -0.945. The number of aliphatic imine (C=N–C) groups is 1. The van der Waals surface area contributed by atoms with E-state index in [-0.39, 0.29) is 12.5 Å². The Balaban J connectivity index is 2.31. The third-order valence-corrected chi connectivity index (χ3v) is 3.81. The predicted molar refractivity (Wildman–Crippen MR) is 85.2 cm³/mol. The van der Waals surface area contributed by atoms with Crippen molar-refractivity contribution in [2.75, 3.05) is 25.1 Å². The number of halogens is 1. The minimum absolute atomic E-state index is 0.0126. The van der Waals surface area contributed by atoms with Gasteiger partial charge in [0, 0.05) is 36.6 Å². The van der Waals surface area contributed by atoms with Gasteiger partial charge < -0.3 is 15.7 Å². The van der Waals surface area contributed by atoms with Gasteiger partial charge in [-0.1, -0.05) is 13.0 Å². The lowest BCUT2D eigenvalue weighted by Crippen LogP contribution is -2.38. The number of nitrogens with zero attached hydrogens (tertiary/aromatic N) is 2. The van der Waals surface area contributed by atoms with Crippen LogP contribution >= 0.6 is 0 Å². The van der Waals surface area contributed by atoms with Gasteiger partial charge in [-0.25, -0.2) is 4.39 Å². The molecule has 0 bridgehead atoms. The van der Waals surface area contributed by atoms with E-state index in [4.69, 9.17) is 10.8 Å². The van der Waals surface area contributed by atoms with E-state index in [0.29, 0.717) is 13.0 Å². The van der Waals surface area contributed by atoms with Crippen LogP contribution in [0.5, 0.6) is 0 Å². The molecule has 5 heteroatoms. The fourth-order valence-corrected chi connectivity index (χ4v) is 2.67. The summed E-state index contributed by atoms with van der Waals surface area (Å²) in [4.78, 5) is 5.78. The SMILES string of the molecule is CC1Cc2cc(C(C=NCCO)=CN)ccc2N(C)[C@H]1F. The first-order valence-corrected chi connectivity index (χ1v) is 7.11. The lowest BCUT2D eigenvalue weighted by Gasteiger charge is -2.35. The van der Waals surface area contributed by atoms with E-state index in [1.807, 2.05) is 25.1 Å². The lowest BCUT2D eigenvalue weighted by atomic mass is 9.91. The molecular weight excluding hydrogens is 269 g/mol. The van der Waals surface area contributed by atoms with Crippen molar-refractivity contribution in [1.29, 1.82) is 0 Å². The number of anilines is 1. The van der Waals surface area contributed by atoms with Crippen molar-refractivity contribution in [3.8, 4) is 0 Å². The Morgan fingerprint density at radius 1 is 1.57 bits per heavy atom. The molecule has 1 aliphatic heterocycles. The van der Waals surface area contributed by atoms with Gasteiger partial charge in [0.1, 0.15) is 0 Å². The molecule has 0 spiro atoms. The monoisotopic (exact) mass is 291 g/mol. The van der Waals surface area contributed by atoms with Gasteiger partial charge >= 0.3 is 0 Å². The van der Waals surface area contributed by atoms with Crippen LogP contribution in [-0.2, 0) is 6.42 Å². The highest BCUT2D eigenvalue weighted by Crippen LogP contribution is 2.34. The fourth-order valence-electron chi connectivity index (χ4n) is 2.67. The van der Waals surface area contributed by atoms with Crippen molar-refractivity contribution in [2.24, 2.45) is 16.6 Å². The van der Waals surface area contributed by atoms with Gasteiger partial charge in [0.25, 0.3) is 0 Å². The lowest BCUT2D eigenvalue weighted by molar-refractivity contribution is 0.228. The molecule has 0 aromatic heterocycles. The van der Waals surface area contributed by atoms with Gasteiger partial charge in [0.2, 0.25) is 0 Å². The smallest absolute Gasteiger partial charge is 0.175 e. The molecule has 1 heterocycles. The first-order valence-electron chi connectivity index (χ1n) is 7.11. The number of benzene rings is 1. The maximum atomic E-state index is 14.0. The number of alkyl halides is 1. The van der Waals surface area contributed by atoms with Crippen LogP contribution in [0.3, 0.4) is 0 Å². The average Bonchev–Trinajstić information content (AvgIpc) is 2.49. The fraction of sp³-hybridized carbons (Fsp3) is 0.438. The summed E-state index contributed by atoms with van der Waals surface area (Å²) in [5, 5.41) is 8.76. The van der Waals surface area contributed by atoms with Gasteiger partial charge in [-0.2, -0.15) is 0 Å². The molecule has 1 aromatic carbocycles. The Bertz CT molecular complexity index is 556. The van der Waals surface area contributed by atoms with Crippen molar-refractivity contribution in [2.45, 2.75) is 19.6 Å². The second-order valence-electron chi connectivity index (χ2n) is 5.39. The van der Waals surface area contributed by atoms with E-state index < -0.39 is 6.30 Å². The first kappa shape index (κ1) is 15.5. The molecule has 3 N–H and O–H groups in total. The van der Waals surface area contributed by atoms with Gasteiger partial charge in [-0.05, 0) is 29.7 Å². The number of hydrogen-bond acceptors (Lipinski definition) is 4. The third kappa shape index (κ3) is 3.24. The summed E-state index contributed by atoms with van der Waals surface area (Å²) in [5.74, 6) is -0.0360. The topological polar surface area (TPSA) is 61.9 Å². The molecule has 21 heavy (non-hydrogen) atoms. The summed E-state index contributed by atoms with van der Waals surface area (Å²) in [6.45, 7) is 2.28. The number of aliphatic hydroxyl groups excluding tert-OH is 1. The van der Waals surface area contributed by atoms with E-state index in [0.717, 1.165) is 22.4 Å². The maximum Gasteiger partial charge on any atom is 0.175 e. The van der Waals surface area contributed by atoms with Crippen molar-refractivity contribution >= 4 is 17.5 Å². The maximum absolute atomic E-state index is 14.0. The zero-order valence-corrected chi connectivity index (χ0v) is 12.5. The standard InChI is InChI=1S/C16H22FN3O/c1-11-7-13-8-12(14(9-18)10-19-5-6-21)3-4-15(13)20(2)16(11)17/h3-4,8-11,16,21H,5-7,18H2,1-2H3/t11?,16-/m1/s1. The largest absolute Gasteiger partial charge is 0.404 e. The van der Waals surface area contributed by atoms with Gasteiger partial charge in [0.15, 0.2) is 6.30 Å². The number of fused-ring (bicyclic) bond motifs is 1. The van der Waals surface area contributed by atoms with Crippen LogP contribution in [-0.4, -0.2) is 37.8 Å². The van der Waals surface area contributed by atoms with Gasteiger partial charge in [-0.15, -0.1) is 0 Å².